The largest absolute Gasteiger partial charge is 0.349 e. The van der Waals surface area contributed by atoms with Gasteiger partial charge in [0, 0.05) is 26.6 Å². The van der Waals surface area contributed by atoms with Gasteiger partial charge in [-0.2, -0.15) is 0 Å². The molecule has 0 spiro atoms. The van der Waals surface area contributed by atoms with Crippen molar-refractivity contribution >= 4 is 16.7 Å². The van der Waals surface area contributed by atoms with Crippen molar-refractivity contribution < 1.29 is 4.79 Å². The quantitative estimate of drug-likeness (QED) is 0.869. The molecule has 0 bridgehead atoms. The summed E-state index contributed by atoms with van der Waals surface area (Å²) in [4.78, 5) is 16.2. The number of hydrogen-bond donors (Lipinski definition) is 0. The third kappa shape index (κ3) is 3.14. The zero-order valence-electron chi connectivity index (χ0n) is 13.5. The lowest BCUT2D eigenvalue weighted by molar-refractivity contribution is -0.134. The molecule has 0 saturated carbocycles. The molecular weight excluding hydrogens is 272 g/mol. The molecule has 0 unspecified atom stereocenters. The van der Waals surface area contributed by atoms with Crippen LogP contribution in [0.2, 0.25) is 0 Å². The van der Waals surface area contributed by atoms with Gasteiger partial charge in [0.15, 0.2) is 0 Å². The summed E-state index contributed by atoms with van der Waals surface area (Å²) >= 11 is 0. The second-order valence-electron chi connectivity index (χ2n) is 6.42. The average molecular weight is 296 g/mol. The van der Waals surface area contributed by atoms with E-state index < -0.39 is 0 Å². The van der Waals surface area contributed by atoms with Gasteiger partial charge in [0.05, 0.1) is 0 Å². The Morgan fingerprint density at radius 1 is 1.09 bits per heavy atom. The molecule has 22 heavy (non-hydrogen) atoms. The Morgan fingerprint density at radius 2 is 1.77 bits per heavy atom. The molecule has 1 aliphatic heterocycles. The fourth-order valence-corrected chi connectivity index (χ4v) is 3.37. The molecule has 1 fully saturated rings. The highest BCUT2D eigenvalue weighted by Gasteiger charge is 2.26. The van der Waals surface area contributed by atoms with Gasteiger partial charge in [-0.25, -0.2) is 0 Å². The predicted octanol–water partition coefficient (Wildman–Crippen LogP) is 3.14. The zero-order chi connectivity index (χ0) is 15.5. The molecule has 2 aromatic rings. The Kier molecular flexibility index (Phi) is 4.44. The molecule has 0 aliphatic carbocycles. The molecule has 0 radical (unpaired) electrons. The number of fused-ring (bicyclic) bond motifs is 1. The maximum atomic E-state index is 12.0. The standard InChI is InChI=1S/C19H24N2O/c1-20(2)19(22)16-10-12-21(13-11-16)14-17-8-5-7-15-6-3-4-9-18(15)17/h3-9,16H,10-14H2,1-2H3. The minimum absolute atomic E-state index is 0.207. The van der Waals surface area contributed by atoms with E-state index in [0.29, 0.717) is 0 Å². The van der Waals surface area contributed by atoms with Crippen molar-refractivity contribution in [1.29, 1.82) is 0 Å². The molecule has 1 heterocycles. The number of nitrogens with zero attached hydrogens (tertiary/aromatic N) is 2. The first-order valence-corrected chi connectivity index (χ1v) is 8.05. The van der Waals surface area contributed by atoms with E-state index >= 15 is 0 Å². The summed E-state index contributed by atoms with van der Waals surface area (Å²) in [6.07, 6.45) is 1.95. The first kappa shape index (κ1) is 15.0. The molecule has 0 atom stereocenters. The molecule has 1 aliphatic rings. The van der Waals surface area contributed by atoms with E-state index in [2.05, 4.69) is 47.4 Å². The van der Waals surface area contributed by atoms with Crippen molar-refractivity contribution in [3.8, 4) is 0 Å². The molecule has 3 heteroatoms. The van der Waals surface area contributed by atoms with Gasteiger partial charge in [-0.3, -0.25) is 9.69 Å². The van der Waals surface area contributed by atoms with Gasteiger partial charge in [0.1, 0.15) is 0 Å². The molecule has 1 amide bonds. The second-order valence-corrected chi connectivity index (χ2v) is 6.42. The van der Waals surface area contributed by atoms with E-state index in [-0.39, 0.29) is 11.8 Å². The van der Waals surface area contributed by atoms with Gasteiger partial charge in [-0.05, 0) is 42.3 Å². The van der Waals surface area contributed by atoms with Crippen LogP contribution in [0.5, 0.6) is 0 Å². The van der Waals surface area contributed by atoms with Gasteiger partial charge >= 0.3 is 0 Å². The number of carbonyl (C=O) groups excluding carboxylic acids is 1. The first-order chi connectivity index (χ1) is 10.6. The summed E-state index contributed by atoms with van der Waals surface area (Å²) in [6.45, 7) is 2.99. The maximum absolute atomic E-state index is 12.0. The van der Waals surface area contributed by atoms with E-state index in [1.165, 1.54) is 16.3 Å². The van der Waals surface area contributed by atoms with Crippen LogP contribution in [0, 0.1) is 5.92 Å². The van der Waals surface area contributed by atoms with Crippen LogP contribution in [0.15, 0.2) is 42.5 Å². The van der Waals surface area contributed by atoms with Crippen molar-refractivity contribution in [1.82, 2.24) is 9.80 Å². The van der Waals surface area contributed by atoms with Crippen LogP contribution >= 0.6 is 0 Å². The van der Waals surface area contributed by atoms with Gasteiger partial charge in [-0.1, -0.05) is 42.5 Å². The summed E-state index contributed by atoms with van der Waals surface area (Å²) in [5, 5.41) is 2.65. The van der Waals surface area contributed by atoms with Gasteiger partial charge in [0.25, 0.3) is 0 Å². The smallest absolute Gasteiger partial charge is 0.225 e. The van der Waals surface area contributed by atoms with Crippen LogP contribution in [0.3, 0.4) is 0 Å². The number of amides is 1. The number of hydrogen-bond acceptors (Lipinski definition) is 2. The van der Waals surface area contributed by atoms with Crippen LogP contribution in [0.4, 0.5) is 0 Å². The Morgan fingerprint density at radius 3 is 2.50 bits per heavy atom. The number of piperidine rings is 1. The Hall–Kier alpha value is -1.87. The summed E-state index contributed by atoms with van der Waals surface area (Å²) in [5.41, 5.74) is 1.38. The average Bonchev–Trinajstić information content (AvgIpc) is 2.55. The maximum Gasteiger partial charge on any atom is 0.225 e. The minimum Gasteiger partial charge on any atom is -0.349 e. The lowest BCUT2D eigenvalue weighted by Crippen LogP contribution is -2.39. The summed E-state index contributed by atoms with van der Waals surface area (Å²) < 4.78 is 0. The highest BCUT2D eigenvalue weighted by atomic mass is 16.2. The molecule has 1 saturated heterocycles. The fraction of sp³-hybridized carbons (Fsp3) is 0.421. The van der Waals surface area contributed by atoms with E-state index in [0.717, 1.165) is 32.5 Å². The molecule has 3 nitrogen and oxygen atoms in total. The number of benzene rings is 2. The molecule has 116 valence electrons. The Balaban J connectivity index is 1.66. The van der Waals surface area contributed by atoms with Crippen LogP contribution in [0.1, 0.15) is 18.4 Å². The molecule has 0 N–H and O–H groups in total. The Labute approximate surface area is 132 Å². The number of likely N-dealkylation sites (tertiary alicyclic amines) is 1. The van der Waals surface area contributed by atoms with E-state index in [1.807, 2.05) is 14.1 Å². The summed E-state index contributed by atoms with van der Waals surface area (Å²) in [7, 11) is 3.70. The monoisotopic (exact) mass is 296 g/mol. The SMILES string of the molecule is CN(C)C(=O)C1CCN(Cc2cccc3ccccc23)CC1. The predicted molar refractivity (Wildman–Crippen MR) is 90.6 cm³/mol. The normalized spacial score (nSPS) is 16.8. The topological polar surface area (TPSA) is 23.6 Å². The number of rotatable bonds is 3. The van der Waals surface area contributed by atoms with Crippen molar-refractivity contribution in [3.63, 3.8) is 0 Å². The number of carbonyl (C=O) groups is 1. The minimum atomic E-state index is 0.207. The third-order valence-corrected chi connectivity index (χ3v) is 4.65. The van der Waals surface area contributed by atoms with E-state index in [9.17, 15) is 4.79 Å². The van der Waals surface area contributed by atoms with E-state index in [1.54, 1.807) is 4.90 Å². The van der Waals surface area contributed by atoms with Crippen LogP contribution < -0.4 is 0 Å². The van der Waals surface area contributed by atoms with Gasteiger partial charge < -0.3 is 4.90 Å². The second kappa shape index (κ2) is 6.49. The summed E-state index contributed by atoms with van der Waals surface area (Å²) in [6, 6.07) is 15.1. The van der Waals surface area contributed by atoms with Gasteiger partial charge in [0.2, 0.25) is 5.91 Å². The van der Waals surface area contributed by atoms with Crippen LogP contribution in [0.25, 0.3) is 10.8 Å². The van der Waals surface area contributed by atoms with Crippen molar-refractivity contribution in [2.45, 2.75) is 19.4 Å². The lowest BCUT2D eigenvalue weighted by Gasteiger charge is -2.32. The lowest BCUT2D eigenvalue weighted by atomic mass is 9.95. The highest BCUT2D eigenvalue weighted by molar-refractivity contribution is 5.85. The molecular formula is C19H24N2O. The van der Waals surface area contributed by atoms with Crippen LogP contribution in [-0.4, -0.2) is 42.9 Å². The molecule has 3 rings (SSSR count). The van der Waals surface area contributed by atoms with Crippen molar-refractivity contribution in [3.05, 3.63) is 48.0 Å². The summed E-state index contributed by atoms with van der Waals surface area (Å²) in [5.74, 6) is 0.489. The van der Waals surface area contributed by atoms with Crippen molar-refractivity contribution in [2.75, 3.05) is 27.2 Å². The molecule has 2 aromatic carbocycles. The third-order valence-electron chi connectivity index (χ3n) is 4.65. The van der Waals surface area contributed by atoms with E-state index in [4.69, 9.17) is 0 Å². The van der Waals surface area contributed by atoms with Gasteiger partial charge in [-0.15, -0.1) is 0 Å². The van der Waals surface area contributed by atoms with Crippen molar-refractivity contribution in [2.24, 2.45) is 5.92 Å². The Bertz CT molecular complexity index is 652. The molecule has 0 aromatic heterocycles. The van der Waals surface area contributed by atoms with Crippen LogP contribution in [-0.2, 0) is 11.3 Å². The fourth-order valence-electron chi connectivity index (χ4n) is 3.37. The first-order valence-electron chi connectivity index (χ1n) is 8.05. The highest BCUT2D eigenvalue weighted by Crippen LogP contribution is 2.24. The zero-order valence-corrected chi connectivity index (χ0v) is 13.5.